The SMILES string of the molecule is C1=Nc2c(ccc3ccccc23)OC12Cc1ccc3ccccc3c1N2. The highest BCUT2D eigenvalue weighted by Crippen LogP contribution is 2.45. The molecule has 0 bridgehead atoms. The molecule has 3 nitrogen and oxygen atoms in total. The smallest absolute Gasteiger partial charge is 0.221 e. The van der Waals surface area contributed by atoms with Crippen molar-refractivity contribution < 1.29 is 4.74 Å². The molecule has 2 aliphatic heterocycles. The van der Waals surface area contributed by atoms with Crippen molar-refractivity contribution in [3.63, 3.8) is 0 Å². The Labute approximate surface area is 150 Å². The molecule has 26 heavy (non-hydrogen) atoms. The van der Waals surface area contributed by atoms with Crippen LogP contribution in [0, 0.1) is 0 Å². The number of hydrogen-bond acceptors (Lipinski definition) is 3. The summed E-state index contributed by atoms with van der Waals surface area (Å²) in [7, 11) is 0. The van der Waals surface area contributed by atoms with Gasteiger partial charge in [-0.2, -0.15) is 0 Å². The van der Waals surface area contributed by atoms with E-state index < -0.39 is 5.72 Å². The first-order valence-electron chi connectivity index (χ1n) is 8.86. The maximum Gasteiger partial charge on any atom is 0.221 e. The van der Waals surface area contributed by atoms with Crippen LogP contribution in [0.2, 0.25) is 0 Å². The van der Waals surface area contributed by atoms with E-state index in [2.05, 4.69) is 59.9 Å². The van der Waals surface area contributed by atoms with Crippen molar-refractivity contribution in [2.24, 2.45) is 4.99 Å². The minimum absolute atomic E-state index is 0.609. The molecule has 0 radical (unpaired) electrons. The molecule has 0 aliphatic carbocycles. The molecule has 124 valence electrons. The normalized spacial score (nSPS) is 20.0. The van der Waals surface area contributed by atoms with Gasteiger partial charge in [0.2, 0.25) is 5.72 Å². The lowest BCUT2D eigenvalue weighted by Crippen LogP contribution is -2.45. The van der Waals surface area contributed by atoms with Crippen molar-refractivity contribution in [2.75, 3.05) is 5.32 Å². The Balaban J connectivity index is 1.47. The van der Waals surface area contributed by atoms with Gasteiger partial charge in [0.15, 0.2) is 0 Å². The summed E-state index contributed by atoms with van der Waals surface area (Å²) >= 11 is 0. The summed E-state index contributed by atoms with van der Waals surface area (Å²) in [6, 6.07) is 25.2. The molecule has 1 unspecified atom stereocenters. The molecule has 2 aliphatic rings. The molecule has 2 heterocycles. The van der Waals surface area contributed by atoms with Crippen molar-refractivity contribution in [3.05, 3.63) is 78.4 Å². The summed E-state index contributed by atoms with van der Waals surface area (Å²) in [5.74, 6) is 0.829. The summed E-state index contributed by atoms with van der Waals surface area (Å²) < 4.78 is 6.46. The highest BCUT2D eigenvalue weighted by Gasteiger charge is 2.41. The topological polar surface area (TPSA) is 33.6 Å². The van der Waals surface area contributed by atoms with Crippen LogP contribution < -0.4 is 10.1 Å². The minimum atomic E-state index is -0.609. The van der Waals surface area contributed by atoms with Gasteiger partial charge in [-0.05, 0) is 22.4 Å². The van der Waals surface area contributed by atoms with Crippen molar-refractivity contribution in [2.45, 2.75) is 12.1 Å². The first-order chi connectivity index (χ1) is 12.8. The fourth-order valence-corrected chi connectivity index (χ4v) is 4.13. The second kappa shape index (κ2) is 4.85. The lowest BCUT2D eigenvalue weighted by Gasteiger charge is -2.31. The number of hydrogen-bond donors (Lipinski definition) is 1. The maximum atomic E-state index is 6.46. The van der Waals surface area contributed by atoms with Gasteiger partial charge in [0, 0.05) is 22.9 Å². The molecule has 1 atom stereocenters. The molecule has 0 saturated carbocycles. The van der Waals surface area contributed by atoms with Gasteiger partial charge in [0.05, 0.1) is 6.21 Å². The number of rotatable bonds is 0. The zero-order valence-electron chi connectivity index (χ0n) is 14.1. The predicted octanol–water partition coefficient (Wildman–Crippen LogP) is 5.45. The van der Waals surface area contributed by atoms with Gasteiger partial charge in [-0.3, -0.25) is 4.99 Å². The minimum Gasteiger partial charge on any atom is -0.460 e. The lowest BCUT2D eigenvalue weighted by molar-refractivity contribution is 0.181. The summed E-state index contributed by atoms with van der Waals surface area (Å²) in [5.41, 5.74) is 2.72. The maximum absolute atomic E-state index is 6.46. The average Bonchev–Trinajstić information content (AvgIpc) is 3.05. The molecule has 3 heteroatoms. The van der Waals surface area contributed by atoms with Crippen LogP contribution in [-0.4, -0.2) is 11.9 Å². The summed E-state index contributed by atoms with van der Waals surface area (Å²) in [5, 5.41) is 8.37. The summed E-state index contributed by atoms with van der Waals surface area (Å²) in [6.45, 7) is 0. The fraction of sp³-hybridized carbons (Fsp3) is 0.0870. The summed E-state index contributed by atoms with van der Waals surface area (Å²) in [4.78, 5) is 4.81. The third-order valence-corrected chi connectivity index (χ3v) is 5.36. The third kappa shape index (κ3) is 1.85. The Bertz CT molecular complexity index is 1230. The molecule has 4 aromatic carbocycles. The van der Waals surface area contributed by atoms with Crippen molar-refractivity contribution in [3.8, 4) is 5.75 Å². The number of benzene rings is 4. The molecular weight excluding hydrogens is 320 g/mol. The van der Waals surface area contributed by atoms with E-state index in [1.165, 1.54) is 21.7 Å². The standard InChI is InChI=1S/C23H16N2O/c1-3-7-18-15(5-1)9-10-17-13-23(25-21(17)18)14-24-22-19-8-4-2-6-16(19)11-12-20(22)26-23/h1-12,14,25H,13H2. The van der Waals surface area contributed by atoms with E-state index in [-0.39, 0.29) is 0 Å². The van der Waals surface area contributed by atoms with E-state index in [9.17, 15) is 0 Å². The number of aliphatic imine (C=N–C) groups is 1. The van der Waals surface area contributed by atoms with Crippen molar-refractivity contribution in [1.29, 1.82) is 0 Å². The third-order valence-electron chi connectivity index (χ3n) is 5.36. The van der Waals surface area contributed by atoms with Crippen LogP contribution in [0.5, 0.6) is 5.75 Å². The van der Waals surface area contributed by atoms with Crippen molar-refractivity contribution in [1.82, 2.24) is 0 Å². The van der Waals surface area contributed by atoms with E-state index in [0.717, 1.165) is 28.9 Å². The molecule has 0 saturated heterocycles. The zero-order chi connectivity index (χ0) is 17.1. The fourth-order valence-electron chi connectivity index (χ4n) is 4.13. The van der Waals surface area contributed by atoms with Gasteiger partial charge in [-0.1, -0.05) is 66.7 Å². The highest BCUT2D eigenvalue weighted by molar-refractivity contribution is 6.02. The van der Waals surface area contributed by atoms with Crippen LogP contribution in [-0.2, 0) is 6.42 Å². The molecule has 4 aromatic rings. The first kappa shape index (κ1) is 13.9. The first-order valence-corrected chi connectivity index (χ1v) is 8.86. The zero-order valence-corrected chi connectivity index (χ0v) is 14.1. The molecule has 6 rings (SSSR count). The molecule has 0 amide bonds. The van der Waals surface area contributed by atoms with Crippen LogP contribution in [0.1, 0.15) is 5.56 Å². The molecule has 1 spiro atoms. The van der Waals surface area contributed by atoms with E-state index in [1.807, 2.05) is 24.4 Å². The van der Waals surface area contributed by atoms with Gasteiger partial charge < -0.3 is 10.1 Å². The molecular formula is C23H16N2O. The van der Waals surface area contributed by atoms with Gasteiger partial charge in [0.25, 0.3) is 0 Å². The molecule has 1 N–H and O–H groups in total. The average molecular weight is 336 g/mol. The second-order valence-corrected chi connectivity index (χ2v) is 7.01. The summed E-state index contributed by atoms with van der Waals surface area (Å²) in [6.07, 6.45) is 2.69. The number of nitrogens with one attached hydrogen (secondary N) is 1. The largest absolute Gasteiger partial charge is 0.460 e. The van der Waals surface area contributed by atoms with Gasteiger partial charge >= 0.3 is 0 Å². The number of nitrogens with zero attached hydrogens (tertiary/aromatic N) is 1. The number of anilines is 1. The predicted molar refractivity (Wildman–Crippen MR) is 107 cm³/mol. The monoisotopic (exact) mass is 336 g/mol. The lowest BCUT2D eigenvalue weighted by atomic mass is 10.0. The Morgan fingerprint density at radius 2 is 1.54 bits per heavy atom. The van der Waals surface area contributed by atoms with Gasteiger partial charge in [-0.15, -0.1) is 0 Å². The van der Waals surface area contributed by atoms with E-state index in [4.69, 9.17) is 9.73 Å². The molecule has 0 fully saturated rings. The van der Waals surface area contributed by atoms with E-state index in [1.54, 1.807) is 0 Å². The van der Waals surface area contributed by atoms with Crippen LogP contribution in [0.15, 0.2) is 77.8 Å². The Kier molecular flexibility index (Phi) is 2.60. The van der Waals surface area contributed by atoms with Crippen LogP contribution in [0.25, 0.3) is 21.5 Å². The Morgan fingerprint density at radius 3 is 2.42 bits per heavy atom. The Hall–Kier alpha value is -3.33. The van der Waals surface area contributed by atoms with Gasteiger partial charge in [-0.25, -0.2) is 0 Å². The number of fused-ring (bicyclic) bond motifs is 6. The van der Waals surface area contributed by atoms with Crippen molar-refractivity contribution >= 4 is 39.1 Å². The van der Waals surface area contributed by atoms with Crippen LogP contribution >= 0.6 is 0 Å². The van der Waals surface area contributed by atoms with Crippen LogP contribution in [0.4, 0.5) is 11.4 Å². The Morgan fingerprint density at radius 1 is 0.808 bits per heavy atom. The highest BCUT2D eigenvalue weighted by atomic mass is 16.5. The van der Waals surface area contributed by atoms with E-state index in [0.29, 0.717) is 0 Å². The van der Waals surface area contributed by atoms with E-state index >= 15 is 0 Å². The van der Waals surface area contributed by atoms with Crippen LogP contribution in [0.3, 0.4) is 0 Å². The van der Waals surface area contributed by atoms with Gasteiger partial charge in [0.1, 0.15) is 11.4 Å². The second-order valence-electron chi connectivity index (χ2n) is 7.01. The quantitative estimate of drug-likeness (QED) is 0.463. The number of ether oxygens (including phenoxy) is 1. The molecule has 0 aromatic heterocycles.